The van der Waals surface area contributed by atoms with Gasteiger partial charge in [0, 0.05) is 18.6 Å². The average Bonchev–Trinajstić information content (AvgIpc) is 3.08. The first-order valence-corrected chi connectivity index (χ1v) is 7.22. The Labute approximate surface area is 114 Å². The Morgan fingerprint density at radius 2 is 2.11 bits per heavy atom. The molecule has 1 saturated heterocycles. The summed E-state index contributed by atoms with van der Waals surface area (Å²) in [5, 5.41) is 3.09. The summed E-state index contributed by atoms with van der Waals surface area (Å²) in [6.45, 7) is 1.58. The first kappa shape index (κ1) is 12.7. The van der Waals surface area contributed by atoms with E-state index in [0.717, 1.165) is 26.0 Å². The van der Waals surface area contributed by atoms with E-state index >= 15 is 0 Å². The van der Waals surface area contributed by atoms with Crippen molar-refractivity contribution in [3.8, 4) is 0 Å². The zero-order valence-electron chi connectivity index (χ0n) is 11.2. The number of hydrogen-bond donors (Lipinski definition) is 1. The molecule has 1 amide bonds. The third-order valence-corrected chi connectivity index (χ3v) is 4.30. The molecule has 0 spiro atoms. The second-order valence-corrected chi connectivity index (χ2v) is 5.76. The van der Waals surface area contributed by atoms with E-state index in [0.29, 0.717) is 6.42 Å². The van der Waals surface area contributed by atoms with Crippen LogP contribution in [0.3, 0.4) is 0 Å². The summed E-state index contributed by atoms with van der Waals surface area (Å²) in [4.78, 5) is 11.9. The molecule has 1 aromatic rings. The van der Waals surface area contributed by atoms with E-state index in [9.17, 15) is 4.79 Å². The van der Waals surface area contributed by atoms with Crippen molar-refractivity contribution in [2.24, 2.45) is 0 Å². The predicted octanol–water partition coefficient (Wildman–Crippen LogP) is 2.40. The van der Waals surface area contributed by atoms with Gasteiger partial charge in [-0.15, -0.1) is 0 Å². The van der Waals surface area contributed by atoms with Crippen LogP contribution in [-0.4, -0.2) is 25.2 Å². The van der Waals surface area contributed by atoms with Crippen molar-refractivity contribution in [3.05, 3.63) is 35.9 Å². The molecule has 0 aromatic heterocycles. The lowest BCUT2D eigenvalue weighted by molar-refractivity contribution is -0.123. The molecule has 1 aliphatic carbocycles. The van der Waals surface area contributed by atoms with Gasteiger partial charge in [0.05, 0.1) is 12.5 Å². The van der Waals surface area contributed by atoms with E-state index in [1.165, 1.54) is 18.4 Å². The van der Waals surface area contributed by atoms with Gasteiger partial charge >= 0.3 is 0 Å². The van der Waals surface area contributed by atoms with Gasteiger partial charge in [-0.1, -0.05) is 30.3 Å². The van der Waals surface area contributed by atoms with Gasteiger partial charge in [-0.3, -0.25) is 4.79 Å². The van der Waals surface area contributed by atoms with E-state index in [2.05, 4.69) is 29.6 Å². The lowest BCUT2D eigenvalue weighted by atomic mass is 9.96. The molecule has 0 bridgehead atoms. The van der Waals surface area contributed by atoms with Gasteiger partial charge in [0.15, 0.2) is 0 Å². The minimum Gasteiger partial charge on any atom is -0.378 e. The minimum atomic E-state index is 0.133. The topological polar surface area (TPSA) is 38.3 Å². The molecule has 3 nitrogen and oxygen atoms in total. The highest BCUT2D eigenvalue weighted by Gasteiger charge is 2.44. The summed E-state index contributed by atoms with van der Waals surface area (Å²) in [6, 6.07) is 10.5. The summed E-state index contributed by atoms with van der Waals surface area (Å²) >= 11 is 0. The number of ether oxygens (including phenoxy) is 1. The Morgan fingerprint density at radius 1 is 1.32 bits per heavy atom. The molecule has 3 heteroatoms. The predicted molar refractivity (Wildman–Crippen MR) is 74.0 cm³/mol. The zero-order chi connectivity index (χ0) is 13.1. The van der Waals surface area contributed by atoms with Crippen LogP contribution >= 0.6 is 0 Å². The molecule has 1 N–H and O–H groups in total. The van der Waals surface area contributed by atoms with E-state index in [4.69, 9.17) is 4.74 Å². The fraction of sp³-hybridized carbons (Fsp3) is 0.562. The zero-order valence-corrected chi connectivity index (χ0v) is 11.2. The van der Waals surface area contributed by atoms with E-state index in [1.54, 1.807) is 0 Å². The standard InChI is InChI=1S/C16H21NO2/c18-15(11-14-7-4-10-19-14)17-12-16(8-9-16)13-5-2-1-3-6-13/h1-3,5-6,14H,4,7-12H2,(H,17,18). The number of amides is 1. The summed E-state index contributed by atoms with van der Waals surface area (Å²) in [5.41, 5.74) is 1.56. The van der Waals surface area contributed by atoms with Crippen LogP contribution in [0.15, 0.2) is 30.3 Å². The van der Waals surface area contributed by atoms with Crippen LogP contribution in [0.5, 0.6) is 0 Å². The molecule has 19 heavy (non-hydrogen) atoms. The molecule has 3 rings (SSSR count). The molecule has 1 saturated carbocycles. The van der Waals surface area contributed by atoms with Crippen LogP contribution in [0.4, 0.5) is 0 Å². The minimum absolute atomic E-state index is 0.133. The van der Waals surface area contributed by atoms with Crippen molar-refractivity contribution in [2.45, 2.75) is 43.6 Å². The van der Waals surface area contributed by atoms with Crippen molar-refractivity contribution in [2.75, 3.05) is 13.2 Å². The number of carbonyl (C=O) groups excluding carboxylic acids is 1. The molecule has 1 atom stereocenters. The molecule has 1 unspecified atom stereocenters. The van der Waals surface area contributed by atoms with Crippen molar-refractivity contribution >= 4 is 5.91 Å². The summed E-state index contributed by atoms with van der Waals surface area (Å²) < 4.78 is 5.49. The number of rotatable bonds is 5. The molecule has 2 aliphatic rings. The van der Waals surface area contributed by atoms with Gasteiger partial charge < -0.3 is 10.1 Å². The van der Waals surface area contributed by atoms with Crippen LogP contribution in [0.1, 0.15) is 37.7 Å². The lowest BCUT2D eigenvalue weighted by Gasteiger charge is -2.17. The highest BCUT2D eigenvalue weighted by molar-refractivity contribution is 5.76. The van der Waals surface area contributed by atoms with Crippen LogP contribution in [0.25, 0.3) is 0 Å². The molecule has 2 fully saturated rings. The van der Waals surface area contributed by atoms with Gasteiger partial charge in [0.2, 0.25) is 5.91 Å². The first-order valence-electron chi connectivity index (χ1n) is 7.22. The Balaban J connectivity index is 1.50. The second kappa shape index (κ2) is 5.33. The highest BCUT2D eigenvalue weighted by Crippen LogP contribution is 2.47. The van der Waals surface area contributed by atoms with Crippen LogP contribution in [0.2, 0.25) is 0 Å². The Kier molecular flexibility index (Phi) is 3.56. The molecular formula is C16H21NO2. The summed E-state index contributed by atoms with van der Waals surface area (Å²) in [5.74, 6) is 0.133. The van der Waals surface area contributed by atoms with Gasteiger partial charge in [-0.05, 0) is 31.2 Å². The smallest absolute Gasteiger partial charge is 0.222 e. The van der Waals surface area contributed by atoms with E-state index in [1.807, 2.05) is 6.07 Å². The number of hydrogen-bond acceptors (Lipinski definition) is 2. The third-order valence-electron chi connectivity index (χ3n) is 4.30. The number of carbonyl (C=O) groups is 1. The fourth-order valence-corrected chi connectivity index (χ4v) is 2.86. The average molecular weight is 259 g/mol. The number of nitrogens with one attached hydrogen (secondary N) is 1. The van der Waals surface area contributed by atoms with Crippen LogP contribution < -0.4 is 5.32 Å². The third kappa shape index (κ3) is 2.98. The van der Waals surface area contributed by atoms with Crippen molar-refractivity contribution in [1.29, 1.82) is 0 Å². The maximum Gasteiger partial charge on any atom is 0.222 e. The maximum atomic E-state index is 11.9. The molecule has 1 aromatic carbocycles. The normalized spacial score (nSPS) is 24.1. The Bertz CT molecular complexity index is 433. The number of benzene rings is 1. The Hall–Kier alpha value is -1.35. The van der Waals surface area contributed by atoms with Gasteiger partial charge in [0.1, 0.15) is 0 Å². The van der Waals surface area contributed by atoms with E-state index in [-0.39, 0.29) is 17.4 Å². The fourth-order valence-electron chi connectivity index (χ4n) is 2.86. The lowest BCUT2D eigenvalue weighted by Crippen LogP contribution is -2.34. The first-order chi connectivity index (χ1) is 9.28. The summed E-state index contributed by atoms with van der Waals surface area (Å²) in [7, 11) is 0. The molecule has 0 radical (unpaired) electrons. The quantitative estimate of drug-likeness (QED) is 0.882. The monoisotopic (exact) mass is 259 g/mol. The van der Waals surface area contributed by atoms with Crippen LogP contribution in [-0.2, 0) is 14.9 Å². The Morgan fingerprint density at radius 3 is 2.74 bits per heavy atom. The van der Waals surface area contributed by atoms with E-state index < -0.39 is 0 Å². The second-order valence-electron chi connectivity index (χ2n) is 5.76. The van der Waals surface area contributed by atoms with Crippen LogP contribution in [0, 0.1) is 0 Å². The molecule has 1 aliphatic heterocycles. The molecular weight excluding hydrogens is 238 g/mol. The molecule has 102 valence electrons. The molecule has 1 heterocycles. The summed E-state index contributed by atoms with van der Waals surface area (Å²) in [6.07, 6.45) is 5.13. The van der Waals surface area contributed by atoms with Crippen molar-refractivity contribution in [3.63, 3.8) is 0 Å². The highest BCUT2D eigenvalue weighted by atomic mass is 16.5. The van der Waals surface area contributed by atoms with Gasteiger partial charge in [-0.2, -0.15) is 0 Å². The maximum absolute atomic E-state index is 11.9. The van der Waals surface area contributed by atoms with Crippen molar-refractivity contribution in [1.82, 2.24) is 5.32 Å². The van der Waals surface area contributed by atoms with Crippen molar-refractivity contribution < 1.29 is 9.53 Å². The van der Waals surface area contributed by atoms with Gasteiger partial charge in [-0.25, -0.2) is 0 Å². The SMILES string of the molecule is O=C(CC1CCCO1)NCC1(c2ccccc2)CC1. The van der Waals surface area contributed by atoms with Gasteiger partial charge in [0.25, 0.3) is 0 Å². The largest absolute Gasteiger partial charge is 0.378 e.